The molecule has 2 aliphatic rings. The Kier molecular flexibility index (Phi) is 4.26. The van der Waals surface area contributed by atoms with Crippen LogP contribution in [0.3, 0.4) is 0 Å². The zero-order chi connectivity index (χ0) is 11.5. The molecule has 0 bridgehead atoms. The van der Waals surface area contributed by atoms with E-state index in [-0.39, 0.29) is 0 Å². The van der Waals surface area contributed by atoms with Gasteiger partial charge in [-0.05, 0) is 58.0 Å². The van der Waals surface area contributed by atoms with Crippen LogP contribution in [0.4, 0.5) is 0 Å². The van der Waals surface area contributed by atoms with Crippen molar-refractivity contribution in [1.82, 2.24) is 10.2 Å². The number of nitrogens with one attached hydrogen (secondary N) is 1. The molecule has 0 aromatic rings. The van der Waals surface area contributed by atoms with Gasteiger partial charge in [-0.15, -0.1) is 0 Å². The van der Waals surface area contributed by atoms with E-state index in [1.165, 1.54) is 45.2 Å². The third-order valence-corrected chi connectivity index (χ3v) is 4.59. The number of rotatable bonds is 5. The molecule has 1 aliphatic carbocycles. The van der Waals surface area contributed by atoms with Gasteiger partial charge in [-0.1, -0.05) is 13.3 Å². The van der Waals surface area contributed by atoms with Crippen molar-refractivity contribution in [2.75, 3.05) is 20.1 Å². The maximum absolute atomic E-state index is 3.66. The van der Waals surface area contributed by atoms with Crippen molar-refractivity contribution in [3.05, 3.63) is 0 Å². The molecular formula is C14H28N2. The van der Waals surface area contributed by atoms with Crippen molar-refractivity contribution in [1.29, 1.82) is 0 Å². The average molecular weight is 224 g/mol. The molecule has 16 heavy (non-hydrogen) atoms. The lowest BCUT2D eigenvalue weighted by Gasteiger charge is -2.31. The fourth-order valence-corrected chi connectivity index (χ4v) is 2.92. The first-order valence-corrected chi connectivity index (χ1v) is 7.10. The smallest absolute Gasteiger partial charge is 0.00818 e. The van der Waals surface area contributed by atoms with Gasteiger partial charge in [0.15, 0.2) is 0 Å². The van der Waals surface area contributed by atoms with Gasteiger partial charge in [-0.3, -0.25) is 0 Å². The average Bonchev–Trinajstić information content (AvgIpc) is 2.95. The van der Waals surface area contributed by atoms with Gasteiger partial charge in [0, 0.05) is 18.6 Å². The van der Waals surface area contributed by atoms with Crippen LogP contribution in [-0.2, 0) is 0 Å². The number of nitrogens with zero attached hydrogens (tertiary/aromatic N) is 1. The zero-order valence-corrected chi connectivity index (χ0v) is 11.2. The highest BCUT2D eigenvalue weighted by atomic mass is 15.1. The van der Waals surface area contributed by atoms with E-state index in [4.69, 9.17) is 0 Å². The molecule has 0 spiro atoms. The van der Waals surface area contributed by atoms with E-state index in [9.17, 15) is 0 Å². The Morgan fingerprint density at radius 1 is 1.38 bits per heavy atom. The fraction of sp³-hybridized carbons (Fsp3) is 1.00. The summed E-state index contributed by atoms with van der Waals surface area (Å²) in [6.07, 6.45) is 6.97. The minimum atomic E-state index is 0.739. The summed E-state index contributed by atoms with van der Waals surface area (Å²) in [6.45, 7) is 7.32. The van der Waals surface area contributed by atoms with Gasteiger partial charge in [-0.2, -0.15) is 0 Å². The molecular weight excluding hydrogens is 196 g/mol. The molecule has 1 heterocycles. The Balaban J connectivity index is 1.67. The molecule has 1 saturated heterocycles. The van der Waals surface area contributed by atoms with Crippen LogP contribution in [0.1, 0.15) is 46.0 Å². The molecule has 2 rings (SSSR count). The van der Waals surface area contributed by atoms with Crippen molar-refractivity contribution in [3.63, 3.8) is 0 Å². The van der Waals surface area contributed by atoms with Gasteiger partial charge in [0.1, 0.15) is 0 Å². The maximum atomic E-state index is 3.66. The van der Waals surface area contributed by atoms with Crippen molar-refractivity contribution in [3.8, 4) is 0 Å². The van der Waals surface area contributed by atoms with Crippen LogP contribution in [0.2, 0.25) is 0 Å². The van der Waals surface area contributed by atoms with E-state index < -0.39 is 0 Å². The summed E-state index contributed by atoms with van der Waals surface area (Å²) in [5.41, 5.74) is 0. The topological polar surface area (TPSA) is 15.3 Å². The summed E-state index contributed by atoms with van der Waals surface area (Å²) in [4.78, 5) is 2.57. The van der Waals surface area contributed by atoms with E-state index >= 15 is 0 Å². The van der Waals surface area contributed by atoms with E-state index in [2.05, 4.69) is 31.1 Å². The minimum Gasteiger partial charge on any atom is -0.314 e. The second-order valence-corrected chi connectivity index (χ2v) is 6.14. The molecule has 2 nitrogen and oxygen atoms in total. The van der Waals surface area contributed by atoms with E-state index in [1.54, 1.807) is 0 Å². The van der Waals surface area contributed by atoms with Crippen molar-refractivity contribution in [2.45, 2.75) is 58.0 Å². The monoisotopic (exact) mass is 224 g/mol. The van der Waals surface area contributed by atoms with Gasteiger partial charge >= 0.3 is 0 Å². The fourth-order valence-electron chi connectivity index (χ4n) is 2.92. The summed E-state index contributed by atoms with van der Waals surface area (Å²) >= 11 is 0. The van der Waals surface area contributed by atoms with E-state index in [0.29, 0.717) is 0 Å². The first-order valence-electron chi connectivity index (χ1n) is 7.10. The molecule has 0 aromatic carbocycles. The van der Waals surface area contributed by atoms with Crippen LogP contribution >= 0.6 is 0 Å². The summed E-state index contributed by atoms with van der Waals surface area (Å²) in [5, 5.41) is 3.66. The SMILES string of the molecule is CC1CC1CN(C)C(C)CC1CCCCN1. The van der Waals surface area contributed by atoms with Crippen LogP contribution < -0.4 is 5.32 Å². The lowest BCUT2D eigenvalue weighted by molar-refractivity contribution is 0.207. The normalized spacial score (nSPS) is 36.4. The van der Waals surface area contributed by atoms with Crippen molar-refractivity contribution < 1.29 is 0 Å². The molecule has 94 valence electrons. The summed E-state index contributed by atoms with van der Waals surface area (Å²) in [7, 11) is 2.30. The number of piperidine rings is 1. The van der Waals surface area contributed by atoms with E-state index in [1.807, 2.05) is 0 Å². The summed E-state index contributed by atoms with van der Waals surface area (Å²) < 4.78 is 0. The number of hydrogen-bond acceptors (Lipinski definition) is 2. The van der Waals surface area contributed by atoms with Gasteiger partial charge < -0.3 is 10.2 Å². The highest BCUT2D eigenvalue weighted by Gasteiger charge is 2.34. The zero-order valence-electron chi connectivity index (χ0n) is 11.2. The molecule has 0 radical (unpaired) electrons. The van der Waals surface area contributed by atoms with Gasteiger partial charge in [0.25, 0.3) is 0 Å². The Labute approximate surface area is 101 Å². The lowest BCUT2D eigenvalue weighted by Crippen LogP contribution is -2.41. The Bertz CT molecular complexity index is 211. The molecule has 1 N–H and O–H groups in total. The first kappa shape index (κ1) is 12.4. The van der Waals surface area contributed by atoms with Crippen LogP contribution in [-0.4, -0.2) is 37.1 Å². The standard InChI is InChI=1S/C14H28N2/c1-11-8-13(11)10-16(3)12(2)9-14-6-4-5-7-15-14/h11-15H,4-10H2,1-3H3. The van der Waals surface area contributed by atoms with Gasteiger partial charge in [0.2, 0.25) is 0 Å². The number of hydrogen-bond donors (Lipinski definition) is 1. The highest BCUT2D eigenvalue weighted by Crippen LogP contribution is 2.38. The lowest BCUT2D eigenvalue weighted by atomic mass is 9.98. The predicted octanol–water partition coefficient (Wildman–Crippen LogP) is 2.49. The molecule has 1 aliphatic heterocycles. The van der Waals surface area contributed by atoms with Gasteiger partial charge in [0.05, 0.1) is 0 Å². The van der Waals surface area contributed by atoms with Crippen LogP contribution in [0.5, 0.6) is 0 Å². The van der Waals surface area contributed by atoms with E-state index in [0.717, 1.165) is 23.9 Å². The van der Waals surface area contributed by atoms with Gasteiger partial charge in [-0.25, -0.2) is 0 Å². The Hall–Kier alpha value is -0.0800. The van der Waals surface area contributed by atoms with Crippen molar-refractivity contribution in [2.24, 2.45) is 11.8 Å². The van der Waals surface area contributed by atoms with Crippen LogP contribution in [0, 0.1) is 11.8 Å². The predicted molar refractivity (Wildman–Crippen MR) is 69.6 cm³/mol. The largest absolute Gasteiger partial charge is 0.314 e. The molecule has 0 aromatic heterocycles. The van der Waals surface area contributed by atoms with Crippen molar-refractivity contribution >= 4 is 0 Å². The summed E-state index contributed by atoms with van der Waals surface area (Å²) in [5.74, 6) is 1.98. The Morgan fingerprint density at radius 2 is 2.12 bits per heavy atom. The minimum absolute atomic E-state index is 0.739. The molecule has 4 unspecified atom stereocenters. The quantitative estimate of drug-likeness (QED) is 0.772. The Morgan fingerprint density at radius 3 is 2.69 bits per heavy atom. The van der Waals surface area contributed by atoms with Crippen LogP contribution in [0.15, 0.2) is 0 Å². The molecule has 0 amide bonds. The third-order valence-electron chi connectivity index (χ3n) is 4.59. The second-order valence-electron chi connectivity index (χ2n) is 6.14. The molecule has 4 atom stereocenters. The molecule has 2 heteroatoms. The third kappa shape index (κ3) is 3.46. The first-order chi connectivity index (χ1) is 7.66. The summed E-state index contributed by atoms with van der Waals surface area (Å²) in [6, 6.07) is 1.52. The maximum Gasteiger partial charge on any atom is 0.00818 e. The van der Waals surface area contributed by atoms with Crippen LogP contribution in [0.25, 0.3) is 0 Å². The second kappa shape index (κ2) is 5.50. The molecule has 2 fully saturated rings. The molecule has 1 saturated carbocycles. The highest BCUT2D eigenvalue weighted by molar-refractivity contribution is 4.86.